The summed E-state index contributed by atoms with van der Waals surface area (Å²) in [5.74, 6) is 0.968. The molecule has 2 aliphatic rings. The van der Waals surface area contributed by atoms with E-state index in [2.05, 4.69) is 29.6 Å². The van der Waals surface area contributed by atoms with Crippen LogP contribution in [0.2, 0.25) is 0 Å². The van der Waals surface area contributed by atoms with E-state index < -0.39 is 0 Å². The highest BCUT2D eigenvalue weighted by Crippen LogP contribution is 2.35. The van der Waals surface area contributed by atoms with E-state index in [4.69, 9.17) is 17.0 Å². The molecule has 6 nitrogen and oxygen atoms in total. The number of hydrogen-bond donors (Lipinski definition) is 2. The Morgan fingerprint density at radius 2 is 2.03 bits per heavy atom. The third-order valence-electron chi connectivity index (χ3n) is 6.40. The fourth-order valence-corrected chi connectivity index (χ4v) is 4.97. The van der Waals surface area contributed by atoms with Gasteiger partial charge in [0.15, 0.2) is 0 Å². The zero-order chi connectivity index (χ0) is 22.0. The van der Waals surface area contributed by atoms with Crippen LogP contribution in [0.3, 0.4) is 0 Å². The second-order valence-electron chi connectivity index (χ2n) is 8.21. The van der Waals surface area contributed by atoms with E-state index in [1.165, 1.54) is 0 Å². The van der Waals surface area contributed by atoms with Gasteiger partial charge in [0.05, 0.1) is 13.2 Å². The number of methoxy groups -OCH3 is 1. The van der Waals surface area contributed by atoms with Crippen LogP contribution in [0, 0.1) is 0 Å². The maximum Gasteiger partial charge on any atom is 0.257 e. The van der Waals surface area contributed by atoms with Gasteiger partial charge < -0.3 is 25.0 Å². The Morgan fingerprint density at radius 3 is 2.74 bits per heavy atom. The second kappa shape index (κ2) is 9.24. The maximum absolute atomic E-state index is 12.2. The van der Waals surface area contributed by atoms with Crippen molar-refractivity contribution in [3.63, 3.8) is 0 Å². The van der Waals surface area contributed by atoms with Crippen molar-refractivity contribution in [2.24, 2.45) is 0 Å². The summed E-state index contributed by atoms with van der Waals surface area (Å²) >= 11 is 5.15. The largest absolute Gasteiger partial charge is 0.496 e. The van der Waals surface area contributed by atoms with Crippen molar-refractivity contribution in [1.29, 1.82) is 0 Å². The number of thiocarbonyl (C=S) groups is 1. The summed E-state index contributed by atoms with van der Waals surface area (Å²) < 4.78 is 5.67. The number of aliphatic hydroxyl groups excluding tert-OH is 1. The average Bonchev–Trinajstić information content (AvgIpc) is 2.80. The number of anilines is 1. The van der Waals surface area contributed by atoms with Crippen LogP contribution in [0.25, 0.3) is 0 Å². The van der Waals surface area contributed by atoms with Gasteiger partial charge in [-0.25, -0.2) is 0 Å². The number of benzene rings is 2. The first-order valence-corrected chi connectivity index (χ1v) is 11.1. The number of amides is 1. The molecule has 2 N–H and O–H groups in total. The number of piperidine rings is 1. The minimum absolute atomic E-state index is 0.0414. The highest BCUT2D eigenvalue weighted by molar-refractivity contribution is 7.79. The lowest BCUT2D eigenvalue weighted by Gasteiger charge is -2.42. The molecule has 0 radical (unpaired) electrons. The number of nitrogens with one attached hydrogen (secondary N) is 1. The molecule has 164 valence electrons. The Hall–Kier alpha value is -2.64. The number of fused-ring (bicyclic) bond motifs is 1. The molecule has 0 bridgehead atoms. The zero-order valence-electron chi connectivity index (χ0n) is 18.0. The first-order valence-electron chi connectivity index (χ1n) is 10.7. The summed E-state index contributed by atoms with van der Waals surface area (Å²) in [7, 11) is 3.51. The molecule has 2 aliphatic heterocycles. The molecule has 7 heteroatoms. The molecule has 31 heavy (non-hydrogen) atoms. The molecule has 1 saturated heterocycles. The van der Waals surface area contributed by atoms with Gasteiger partial charge in [0.25, 0.3) is 5.17 Å². The van der Waals surface area contributed by atoms with Gasteiger partial charge in [-0.15, -0.1) is 0 Å². The predicted octanol–water partition coefficient (Wildman–Crippen LogP) is 3.74. The first-order chi connectivity index (χ1) is 15.0. The Balaban J connectivity index is 1.60. The molecule has 2 aromatic rings. The Kier molecular flexibility index (Phi) is 6.43. The molecule has 1 amide bonds. The van der Waals surface area contributed by atoms with E-state index in [-0.39, 0.29) is 23.2 Å². The highest BCUT2D eigenvalue weighted by Gasteiger charge is 2.34. The Labute approximate surface area is 188 Å². The van der Waals surface area contributed by atoms with Crippen molar-refractivity contribution in [2.45, 2.75) is 44.3 Å². The van der Waals surface area contributed by atoms with Crippen LogP contribution in [0.15, 0.2) is 42.5 Å². The lowest BCUT2D eigenvalue weighted by atomic mass is 9.90. The van der Waals surface area contributed by atoms with Crippen LogP contribution in [-0.4, -0.2) is 47.8 Å². The molecule has 0 aliphatic carbocycles. The fraction of sp³-hybridized carbons (Fsp3) is 0.417. The van der Waals surface area contributed by atoms with Crippen molar-refractivity contribution in [3.8, 4) is 5.75 Å². The van der Waals surface area contributed by atoms with Gasteiger partial charge in [-0.2, -0.15) is 0 Å². The normalized spacial score (nSPS) is 21.0. The van der Waals surface area contributed by atoms with E-state index in [1.807, 2.05) is 30.1 Å². The standard InChI is InChI=1S/C24H29N3O3S/c1-26-20-13-18(21(30-2)14-17(20)10-11-22(26)28)15-25-19-9-6-12-27(24(29)31)23(19)16-7-4-3-5-8-16/h3-5,7-8,13-14,19,23,25H,6,9-12,15H2,1-2H3,(H,29,31)/t19-,23-/m0/s1. The molecule has 0 aromatic heterocycles. The molecule has 0 unspecified atom stereocenters. The summed E-state index contributed by atoms with van der Waals surface area (Å²) in [4.78, 5) is 15.8. The molecule has 0 saturated carbocycles. The van der Waals surface area contributed by atoms with Crippen molar-refractivity contribution >= 4 is 29.0 Å². The van der Waals surface area contributed by atoms with Crippen LogP contribution < -0.4 is 15.0 Å². The van der Waals surface area contributed by atoms with Gasteiger partial charge in [-0.05, 0) is 54.7 Å². The minimum Gasteiger partial charge on any atom is -0.496 e. The summed E-state index contributed by atoms with van der Waals surface area (Å²) in [5, 5.41) is 13.8. The number of hydrogen-bond acceptors (Lipinski definition) is 4. The number of likely N-dealkylation sites (tertiary alicyclic amines) is 1. The fourth-order valence-electron chi connectivity index (χ4n) is 4.77. The van der Waals surface area contributed by atoms with E-state index >= 15 is 0 Å². The quantitative estimate of drug-likeness (QED) is 0.692. The minimum atomic E-state index is -0.0631. The van der Waals surface area contributed by atoms with E-state index in [1.54, 1.807) is 12.0 Å². The molecule has 2 aromatic carbocycles. The van der Waals surface area contributed by atoms with Crippen LogP contribution in [-0.2, 0) is 17.8 Å². The molecule has 4 rings (SSSR count). The van der Waals surface area contributed by atoms with Crippen molar-refractivity contribution in [3.05, 3.63) is 59.2 Å². The number of carbonyl (C=O) groups excluding carboxylic acids is 1. The molecule has 2 heterocycles. The van der Waals surface area contributed by atoms with Crippen LogP contribution in [0.5, 0.6) is 5.75 Å². The summed E-state index contributed by atoms with van der Waals surface area (Å²) in [5.41, 5.74) is 4.23. The van der Waals surface area contributed by atoms with Gasteiger partial charge in [0.1, 0.15) is 5.75 Å². The van der Waals surface area contributed by atoms with Crippen molar-refractivity contribution in [1.82, 2.24) is 10.2 Å². The summed E-state index contributed by atoms with van der Waals surface area (Å²) in [6.07, 6.45) is 3.19. The lowest BCUT2D eigenvalue weighted by Crippen LogP contribution is -2.49. The number of ether oxygens (including phenoxy) is 1. The molecule has 2 atom stereocenters. The number of aliphatic hydroxyl groups is 1. The first kappa shape index (κ1) is 21.6. The second-order valence-corrected chi connectivity index (χ2v) is 8.57. The number of carbonyl (C=O) groups is 1. The van der Waals surface area contributed by atoms with Crippen LogP contribution >= 0.6 is 12.2 Å². The van der Waals surface area contributed by atoms with Gasteiger partial charge in [-0.1, -0.05) is 30.3 Å². The number of aryl methyl sites for hydroxylation is 1. The van der Waals surface area contributed by atoms with Crippen LogP contribution in [0.1, 0.15) is 42.0 Å². The Bertz CT molecular complexity index is 966. The molecule has 0 spiro atoms. The smallest absolute Gasteiger partial charge is 0.257 e. The predicted molar refractivity (Wildman–Crippen MR) is 126 cm³/mol. The Morgan fingerprint density at radius 1 is 1.26 bits per heavy atom. The average molecular weight is 440 g/mol. The van der Waals surface area contributed by atoms with E-state index in [0.717, 1.165) is 53.9 Å². The van der Waals surface area contributed by atoms with E-state index in [0.29, 0.717) is 13.0 Å². The zero-order valence-corrected chi connectivity index (χ0v) is 18.8. The van der Waals surface area contributed by atoms with E-state index in [9.17, 15) is 9.90 Å². The maximum atomic E-state index is 12.2. The topological polar surface area (TPSA) is 65.0 Å². The molecular formula is C24H29N3O3S. The highest BCUT2D eigenvalue weighted by atomic mass is 32.1. The lowest BCUT2D eigenvalue weighted by molar-refractivity contribution is -0.118. The van der Waals surface area contributed by atoms with Gasteiger partial charge >= 0.3 is 0 Å². The third kappa shape index (κ3) is 4.38. The van der Waals surface area contributed by atoms with Gasteiger partial charge in [0, 0.05) is 43.9 Å². The van der Waals surface area contributed by atoms with Gasteiger partial charge in [0.2, 0.25) is 5.91 Å². The van der Waals surface area contributed by atoms with Crippen molar-refractivity contribution < 1.29 is 14.6 Å². The SMILES string of the molecule is COc1cc2c(cc1CN[C@H]1CCCN(C(O)=S)[C@H]1c1ccccc1)N(C)C(=O)CC2. The van der Waals surface area contributed by atoms with Gasteiger partial charge in [-0.3, -0.25) is 4.79 Å². The summed E-state index contributed by atoms with van der Waals surface area (Å²) in [6.45, 7) is 1.33. The summed E-state index contributed by atoms with van der Waals surface area (Å²) in [6, 6.07) is 14.4. The molecular weight excluding hydrogens is 410 g/mol. The van der Waals surface area contributed by atoms with Crippen LogP contribution in [0.4, 0.5) is 5.69 Å². The molecule has 1 fully saturated rings. The number of rotatable bonds is 5. The van der Waals surface area contributed by atoms with Crippen molar-refractivity contribution in [2.75, 3.05) is 25.6 Å². The third-order valence-corrected chi connectivity index (χ3v) is 6.63. The monoisotopic (exact) mass is 439 g/mol. The number of nitrogens with zero attached hydrogens (tertiary/aromatic N) is 2.